The van der Waals surface area contributed by atoms with Crippen molar-refractivity contribution in [3.05, 3.63) is 32.6 Å². The van der Waals surface area contributed by atoms with Gasteiger partial charge in [0.1, 0.15) is 6.54 Å². The fourth-order valence-corrected chi connectivity index (χ4v) is 10.2. The Kier molecular flexibility index (Phi) is 5.50. The molecule has 11 heteroatoms. The lowest BCUT2D eigenvalue weighted by molar-refractivity contribution is -0.151. The van der Waals surface area contributed by atoms with E-state index in [1.165, 1.54) is 12.0 Å². The summed E-state index contributed by atoms with van der Waals surface area (Å²) in [5.74, 6) is -0.223. The molecule has 2 bridgehead atoms. The largest absolute Gasteiger partial charge is 0.493 e. The van der Waals surface area contributed by atoms with Crippen LogP contribution in [0.2, 0.25) is 0 Å². The molecule has 8 nitrogen and oxygen atoms in total. The third-order valence-electron chi connectivity index (χ3n) is 8.10. The zero-order valence-electron chi connectivity index (χ0n) is 19.3. The van der Waals surface area contributed by atoms with Gasteiger partial charge < -0.3 is 19.2 Å². The van der Waals surface area contributed by atoms with Crippen LogP contribution in [-0.4, -0.2) is 60.8 Å². The lowest BCUT2D eigenvalue weighted by atomic mass is 9.68. The smallest absolute Gasteiger partial charge is 0.325 e. The van der Waals surface area contributed by atoms with Crippen LogP contribution in [0.4, 0.5) is 0 Å². The van der Waals surface area contributed by atoms with Crippen LogP contribution in [0.25, 0.3) is 0 Å². The van der Waals surface area contributed by atoms with Crippen LogP contribution >= 0.6 is 35.3 Å². The highest BCUT2D eigenvalue weighted by Crippen LogP contribution is 2.68. The molecule has 2 amide bonds. The number of aromatic nitrogens is 1. The molecule has 6 rings (SSSR count). The first kappa shape index (κ1) is 23.1. The van der Waals surface area contributed by atoms with E-state index in [1.807, 2.05) is 12.1 Å². The maximum atomic E-state index is 13.4. The van der Waals surface area contributed by atoms with Crippen LogP contribution in [-0.2, 0) is 19.1 Å². The summed E-state index contributed by atoms with van der Waals surface area (Å²) >= 11 is 8.84. The summed E-state index contributed by atoms with van der Waals surface area (Å²) in [6, 6.07) is 5.98. The molecule has 7 atom stereocenters. The molecule has 3 heterocycles. The minimum Gasteiger partial charge on any atom is -0.493 e. The van der Waals surface area contributed by atoms with E-state index in [0.717, 1.165) is 25.9 Å². The van der Waals surface area contributed by atoms with Gasteiger partial charge in [-0.1, -0.05) is 6.07 Å². The molecular weight excluding hydrogens is 508 g/mol. The lowest BCUT2D eigenvalue weighted by Crippen LogP contribution is -2.42. The molecule has 4 aliphatic rings. The van der Waals surface area contributed by atoms with Crippen molar-refractivity contribution >= 4 is 53.1 Å². The zero-order chi connectivity index (χ0) is 24.6. The summed E-state index contributed by atoms with van der Waals surface area (Å²) in [5, 5.41) is 1.22. The first-order valence-corrected chi connectivity index (χ1v) is 13.5. The zero-order valence-corrected chi connectivity index (χ0v) is 21.8. The first-order chi connectivity index (χ1) is 16.9. The van der Waals surface area contributed by atoms with Gasteiger partial charge in [-0.05, 0) is 54.1 Å². The molecule has 3 fully saturated rings. The Labute approximate surface area is 215 Å². The number of carbonyl (C=O) groups is 3. The summed E-state index contributed by atoms with van der Waals surface area (Å²) in [6.45, 7) is -0.317. The average Bonchev–Trinajstić information content (AvgIpc) is 3.59. The molecule has 1 N–H and O–H groups in total. The van der Waals surface area contributed by atoms with Crippen LogP contribution in [0, 0.1) is 33.5 Å². The van der Waals surface area contributed by atoms with Gasteiger partial charge in [0.15, 0.2) is 15.5 Å². The second-order valence-electron chi connectivity index (χ2n) is 9.41. The number of likely N-dealkylation sites (tertiary alicyclic amines) is 1. The van der Waals surface area contributed by atoms with Crippen LogP contribution in [0.1, 0.15) is 22.8 Å². The second kappa shape index (κ2) is 8.35. The van der Waals surface area contributed by atoms with Crippen LogP contribution < -0.4 is 9.47 Å². The number of amides is 2. The molecule has 184 valence electrons. The monoisotopic (exact) mass is 532 g/mol. The number of rotatable bonds is 5. The standard InChI is InChI=1S/C24H24N2O6S3/c1-30-12-5-4-9(6-13(12)31-2)15-16-10-7-11(19(16)34-21-20(15)35-24(33)25-21)18-17(10)22(28)26(23(18)29)8-14(27)32-3/h4-6,10-11,15-19H,7-8H2,1-3H3,(H,25,33). The number of esters is 1. The number of aromatic amines is 1. The number of nitrogens with one attached hydrogen (secondary N) is 1. The Morgan fingerprint density at radius 1 is 1.11 bits per heavy atom. The van der Waals surface area contributed by atoms with Gasteiger partial charge in [-0.25, -0.2) is 0 Å². The molecule has 35 heavy (non-hydrogen) atoms. The molecule has 0 radical (unpaired) electrons. The van der Waals surface area contributed by atoms with Crippen LogP contribution in [0.15, 0.2) is 23.2 Å². The number of imide groups is 1. The highest BCUT2D eigenvalue weighted by molar-refractivity contribution is 8.00. The van der Waals surface area contributed by atoms with E-state index in [-0.39, 0.29) is 53.2 Å². The fourth-order valence-electron chi connectivity index (χ4n) is 6.85. The summed E-state index contributed by atoms with van der Waals surface area (Å²) in [6.07, 6.45) is 0.834. The maximum absolute atomic E-state index is 13.4. The minimum absolute atomic E-state index is 0.0162. The molecule has 1 aromatic heterocycles. The van der Waals surface area contributed by atoms with Gasteiger partial charge in [-0.15, -0.1) is 23.1 Å². The maximum Gasteiger partial charge on any atom is 0.325 e. The van der Waals surface area contributed by atoms with Crippen molar-refractivity contribution in [2.45, 2.75) is 22.6 Å². The molecule has 1 aromatic carbocycles. The lowest BCUT2D eigenvalue weighted by Gasteiger charge is -2.43. The van der Waals surface area contributed by atoms with Crippen molar-refractivity contribution in [2.24, 2.45) is 29.6 Å². The van der Waals surface area contributed by atoms with Gasteiger partial charge in [0.05, 0.1) is 38.2 Å². The molecule has 2 aromatic rings. The van der Waals surface area contributed by atoms with Gasteiger partial charge in [0, 0.05) is 16.0 Å². The van der Waals surface area contributed by atoms with E-state index < -0.39 is 11.9 Å². The van der Waals surface area contributed by atoms with Crippen molar-refractivity contribution in [3.8, 4) is 11.5 Å². The topological polar surface area (TPSA) is 97.9 Å². The van der Waals surface area contributed by atoms with Gasteiger partial charge in [-0.3, -0.25) is 19.3 Å². The quantitative estimate of drug-likeness (QED) is 0.355. The Hall–Kier alpha value is -2.37. The number of methoxy groups -OCH3 is 3. The highest BCUT2D eigenvalue weighted by Gasteiger charge is 2.69. The number of hydrogen-bond acceptors (Lipinski definition) is 9. The number of benzene rings is 1. The number of H-pyrrole nitrogens is 1. The summed E-state index contributed by atoms with van der Waals surface area (Å²) in [5.41, 5.74) is 1.08. The number of thioether (sulfide) groups is 1. The fraction of sp³-hybridized carbons (Fsp3) is 0.500. The molecule has 2 saturated carbocycles. The van der Waals surface area contributed by atoms with Gasteiger partial charge >= 0.3 is 5.97 Å². The van der Waals surface area contributed by atoms with Crippen LogP contribution in [0.5, 0.6) is 11.5 Å². The summed E-state index contributed by atoms with van der Waals surface area (Å²) in [7, 11) is 4.49. The van der Waals surface area contributed by atoms with E-state index in [4.69, 9.17) is 26.4 Å². The molecule has 2 aliphatic heterocycles. The van der Waals surface area contributed by atoms with E-state index >= 15 is 0 Å². The second-order valence-corrected chi connectivity index (χ2v) is 12.3. The van der Waals surface area contributed by atoms with Crippen molar-refractivity contribution in [1.29, 1.82) is 0 Å². The number of hydrogen-bond donors (Lipinski definition) is 1. The van der Waals surface area contributed by atoms with Crippen molar-refractivity contribution in [3.63, 3.8) is 0 Å². The minimum atomic E-state index is -0.580. The Balaban J connectivity index is 1.43. The SMILES string of the molecule is COC(=O)CN1C(=O)C2C3CC(C2C1=O)C1C(c2ccc(OC)c(OC)c2)c2sc(=S)[nH]c2SC31. The normalized spacial score (nSPS) is 32.3. The predicted octanol–water partition coefficient (Wildman–Crippen LogP) is 3.47. The Morgan fingerprint density at radius 2 is 1.83 bits per heavy atom. The summed E-state index contributed by atoms with van der Waals surface area (Å²) in [4.78, 5) is 44.3. The van der Waals surface area contributed by atoms with Gasteiger partial charge in [0.2, 0.25) is 11.8 Å². The first-order valence-electron chi connectivity index (χ1n) is 11.4. The van der Waals surface area contributed by atoms with E-state index in [9.17, 15) is 14.4 Å². The molecule has 1 saturated heterocycles. The van der Waals surface area contributed by atoms with Crippen molar-refractivity contribution in [1.82, 2.24) is 9.88 Å². The van der Waals surface area contributed by atoms with Crippen molar-refractivity contribution < 1.29 is 28.6 Å². The number of nitrogens with zero attached hydrogens (tertiary/aromatic N) is 1. The third kappa shape index (κ3) is 3.24. The number of carbonyl (C=O) groups excluding carboxylic acids is 3. The van der Waals surface area contributed by atoms with E-state index in [1.54, 1.807) is 37.3 Å². The Bertz CT molecular complexity index is 1300. The number of ether oxygens (including phenoxy) is 3. The third-order valence-corrected chi connectivity index (χ3v) is 11.0. The number of fused-ring (bicyclic) bond motifs is 9. The molecule has 0 spiro atoms. The molecule has 7 unspecified atom stereocenters. The Morgan fingerprint density at radius 3 is 2.51 bits per heavy atom. The summed E-state index contributed by atoms with van der Waals surface area (Å²) < 4.78 is 16.5. The van der Waals surface area contributed by atoms with Gasteiger partial charge in [-0.2, -0.15) is 0 Å². The average molecular weight is 533 g/mol. The van der Waals surface area contributed by atoms with Crippen LogP contribution in [0.3, 0.4) is 0 Å². The molecular formula is C24H24N2O6S3. The van der Waals surface area contributed by atoms with E-state index in [0.29, 0.717) is 11.5 Å². The predicted molar refractivity (Wildman–Crippen MR) is 131 cm³/mol. The van der Waals surface area contributed by atoms with Gasteiger partial charge in [0.25, 0.3) is 0 Å². The molecule has 2 aliphatic carbocycles. The van der Waals surface area contributed by atoms with Crippen molar-refractivity contribution in [2.75, 3.05) is 27.9 Å². The number of thiazole rings is 1. The van der Waals surface area contributed by atoms with E-state index in [2.05, 4.69) is 11.1 Å². The highest BCUT2D eigenvalue weighted by atomic mass is 32.2.